The van der Waals surface area contributed by atoms with Gasteiger partial charge in [-0.2, -0.15) is 0 Å². The first-order valence-electron chi connectivity index (χ1n) is 8.36. The van der Waals surface area contributed by atoms with E-state index in [1.54, 1.807) is 0 Å². The Balaban J connectivity index is 1.72. The third-order valence-electron chi connectivity index (χ3n) is 5.39. The molecule has 116 valence electrons. The summed E-state index contributed by atoms with van der Waals surface area (Å²) in [5.74, 6) is 0. The van der Waals surface area contributed by atoms with Crippen molar-refractivity contribution in [2.24, 2.45) is 5.41 Å². The number of anilines is 1. The van der Waals surface area contributed by atoms with Gasteiger partial charge in [0.2, 0.25) is 0 Å². The average molecular weight is 289 g/mol. The monoisotopic (exact) mass is 289 g/mol. The molecule has 0 radical (unpaired) electrons. The van der Waals surface area contributed by atoms with Crippen molar-refractivity contribution in [3.8, 4) is 0 Å². The van der Waals surface area contributed by atoms with E-state index in [0.29, 0.717) is 17.6 Å². The molecule has 0 aliphatic heterocycles. The molecule has 0 bridgehead atoms. The molecule has 0 heterocycles. The van der Waals surface area contributed by atoms with Gasteiger partial charge >= 0.3 is 0 Å². The van der Waals surface area contributed by atoms with E-state index in [0.717, 1.165) is 24.3 Å². The van der Waals surface area contributed by atoms with Gasteiger partial charge in [-0.1, -0.05) is 31.4 Å². The number of aliphatic hydroxyl groups is 1. The number of benzene rings is 1. The summed E-state index contributed by atoms with van der Waals surface area (Å²) in [7, 11) is 0. The molecule has 0 saturated heterocycles. The van der Waals surface area contributed by atoms with Crippen molar-refractivity contribution in [2.45, 2.75) is 64.2 Å². The summed E-state index contributed by atoms with van der Waals surface area (Å²) in [6, 6.07) is 8.66. The van der Waals surface area contributed by atoms with Crippen molar-refractivity contribution >= 4 is 5.69 Å². The zero-order valence-corrected chi connectivity index (χ0v) is 13.0. The Morgan fingerprint density at radius 2 is 2.10 bits per heavy atom. The summed E-state index contributed by atoms with van der Waals surface area (Å²) >= 11 is 0. The van der Waals surface area contributed by atoms with Crippen molar-refractivity contribution in [3.63, 3.8) is 0 Å². The number of hydrogen-bond acceptors (Lipinski definition) is 3. The molecule has 3 nitrogen and oxygen atoms in total. The van der Waals surface area contributed by atoms with Crippen LogP contribution in [0.4, 0.5) is 5.69 Å². The Morgan fingerprint density at radius 3 is 2.81 bits per heavy atom. The summed E-state index contributed by atoms with van der Waals surface area (Å²) in [6.07, 6.45) is 8.15. The largest absolute Gasteiger partial charge is 0.392 e. The van der Waals surface area contributed by atoms with Crippen LogP contribution in [0.2, 0.25) is 0 Å². The Labute approximate surface area is 127 Å². The minimum Gasteiger partial charge on any atom is -0.392 e. The zero-order chi connectivity index (χ0) is 14.7. The fourth-order valence-corrected chi connectivity index (χ4v) is 4.23. The van der Waals surface area contributed by atoms with Crippen LogP contribution in [0.3, 0.4) is 0 Å². The van der Waals surface area contributed by atoms with E-state index in [2.05, 4.69) is 24.4 Å². The second kappa shape index (κ2) is 6.37. The summed E-state index contributed by atoms with van der Waals surface area (Å²) in [5, 5.41) is 13.0. The highest BCUT2D eigenvalue weighted by molar-refractivity contribution is 5.48. The predicted octanol–water partition coefficient (Wildman–Crippen LogP) is 3.72. The molecule has 1 aromatic carbocycles. The van der Waals surface area contributed by atoms with E-state index in [-0.39, 0.29) is 6.61 Å². The quantitative estimate of drug-likeness (QED) is 0.868. The van der Waals surface area contributed by atoms with Crippen LogP contribution in [0, 0.1) is 5.41 Å². The van der Waals surface area contributed by atoms with E-state index < -0.39 is 0 Å². The van der Waals surface area contributed by atoms with E-state index in [1.807, 2.05) is 12.1 Å². The highest BCUT2D eigenvalue weighted by Crippen LogP contribution is 2.54. The van der Waals surface area contributed by atoms with E-state index in [9.17, 15) is 5.11 Å². The van der Waals surface area contributed by atoms with Gasteiger partial charge in [0, 0.05) is 23.8 Å². The third kappa shape index (κ3) is 2.82. The molecule has 3 heteroatoms. The molecule has 1 spiro atoms. The van der Waals surface area contributed by atoms with E-state index in [1.165, 1.54) is 32.1 Å². The van der Waals surface area contributed by atoms with Crippen LogP contribution in [0.1, 0.15) is 51.0 Å². The van der Waals surface area contributed by atoms with Crippen LogP contribution in [0.25, 0.3) is 0 Å². The van der Waals surface area contributed by atoms with Crippen molar-refractivity contribution < 1.29 is 9.84 Å². The molecular weight excluding hydrogens is 262 g/mol. The molecule has 2 saturated carbocycles. The minimum absolute atomic E-state index is 0.104. The highest BCUT2D eigenvalue weighted by Gasteiger charge is 2.55. The predicted molar refractivity (Wildman–Crippen MR) is 85.3 cm³/mol. The molecule has 2 unspecified atom stereocenters. The first-order chi connectivity index (χ1) is 10.3. The van der Waals surface area contributed by atoms with Crippen LogP contribution < -0.4 is 5.32 Å². The lowest BCUT2D eigenvalue weighted by Crippen LogP contribution is -2.62. The minimum atomic E-state index is 0.104. The van der Waals surface area contributed by atoms with Gasteiger partial charge in [0.1, 0.15) is 0 Å². The third-order valence-corrected chi connectivity index (χ3v) is 5.39. The fourth-order valence-electron chi connectivity index (χ4n) is 4.23. The normalized spacial score (nSPS) is 27.3. The summed E-state index contributed by atoms with van der Waals surface area (Å²) in [4.78, 5) is 0. The maximum Gasteiger partial charge on any atom is 0.0682 e. The van der Waals surface area contributed by atoms with E-state index >= 15 is 0 Å². The lowest BCUT2D eigenvalue weighted by atomic mass is 9.55. The molecule has 2 fully saturated rings. The number of aliphatic hydroxyl groups excluding tert-OH is 1. The van der Waals surface area contributed by atoms with E-state index in [4.69, 9.17) is 4.74 Å². The van der Waals surface area contributed by atoms with Gasteiger partial charge in [0.15, 0.2) is 0 Å². The molecule has 0 aromatic heterocycles. The maximum absolute atomic E-state index is 9.27. The second-order valence-electron chi connectivity index (χ2n) is 6.53. The molecule has 21 heavy (non-hydrogen) atoms. The number of ether oxygens (including phenoxy) is 1. The highest BCUT2D eigenvalue weighted by atomic mass is 16.5. The molecule has 1 aromatic rings. The molecule has 2 aliphatic carbocycles. The lowest BCUT2D eigenvalue weighted by Gasteiger charge is -2.58. The van der Waals surface area contributed by atoms with Crippen molar-refractivity contribution in [2.75, 3.05) is 11.9 Å². The zero-order valence-electron chi connectivity index (χ0n) is 13.0. The number of hydrogen-bond donors (Lipinski definition) is 2. The Morgan fingerprint density at radius 1 is 1.29 bits per heavy atom. The fraction of sp³-hybridized carbons (Fsp3) is 0.667. The second-order valence-corrected chi connectivity index (χ2v) is 6.53. The van der Waals surface area contributed by atoms with Crippen LogP contribution >= 0.6 is 0 Å². The van der Waals surface area contributed by atoms with Crippen molar-refractivity contribution in [3.05, 3.63) is 29.8 Å². The summed E-state index contributed by atoms with van der Waals surface area (Å²) < 4.78 is 6.00. The molecule has 2 atom stereocenters. The van der Waals surface area contributed by atoms with Gasteiger partial charge in [-0.3, -0.25) is 0 Å². The van der Waals surface area contributed by atoms with Gasteiger partial charge in [-0.15, -0.1) is 0 Å². The van der Waals surface area contributed by atoms with Gasteiger partial charge < -0.3 is 15.2 Å². The first-order valence-corrected chi connectivity index (χ1v) is 8.36. The number of rotatable bonds is 5. The Bertz CT molecular complexity index is 468. The molecular formula is C18H27NO2. The van der Waals surface area contributed by atoms with Crippen molar-refractivity contribution in [1.82, 2.24) is 0 Å². The maximum atomic E-state index is 9.27. The lowest BCUT2D eigenvalue weighted by molar-refractivity contribution is -0.134. The van der Waals surface area contributed by atoms with Crippen LogP contribution in [0.5, 0.6) is 0 Å². The standard InChI is InChI=1S/C18H27NO2/c1-2-21-17-12-16(18(17)9-4-3-5-10-18)19-15-8-6-7-14(11-15)13-20/h6-8,11,16-17,19-20H,2-5,9-10,12-13H2,1H3. The Kier molecular flexibility index (Phi) is 4.51. The molecule has 2 aliphatic rings. The van der Waals surface area contributed by atoms with Gasteiger partial charge in [-0.05, 0) is 43.9 Å². The summed E-state index contributed by atoms with van der Waals surface area (Å²) in [6.45, 7) is 3.02. The topological polar surface area (TPSA) is 41.5 Å². The molecule has 2 N–H and O–H groups in total. The SMILES string of the molecule is CCOC1CC(Nc2cccc(CO)c2)C12CCCCC2. The summed E-state index contributed by atoms with van der Waals surface area (Å²) in [5.41, 5.74) is 2.44. The van der Waals surface area contributed by atoms with Crippen LogP contribution in [0.15, 0.2) is 24.3 Å². The number of nitrogens with one attached hydrogen (secondary N) is 1. The molecule has 3 rings (SSSR count). The van der Waals surface area contributed by atoms with Crippen molar-refractivity contribution in [1.29, 1.82) is 0 Å². The van der Waals surface area contributed by atoms with Crippen LogP contribution in [-0.4, -0.2) is 23.9 Å². The van der Waals surface area contributed by atoms with Gasteiger partial charge in [0.05, 0.1) is 12.7 Å². The average Bonchev–Trinajstić information content (AvgIpc) is 2.55. The molecule has 0 amide bonds. The Hall–Kier alpha value is -1.06. The van der Waals surface area contributed by atoms with Gasteiger partial charge in [0.25, 0.3) is 0 Å². The van der Waals surface area contributed by atoms with Gasteiger partial charge in [-0.25, -0.2) is 0 Å². The van der Waals surface area contributed by atoms with Crippen LogP contribution in [-0.2, 0) is 11.3 Å². The first kappa shape index (κ1) is 14.9. The smallest absolute Gasteiger partial charge is 0.0682 e.